The second-order valence-electron chi connectivity index (χ2n) is 7.97. The Morgan fingerprint density at radius 2 is 2.10 bits per heavy atom. The summed E-state index contributed by atoms with van der Waals surface area (Å²) in [6, 6.07) is 11.7. The van der Waals surface area contributed by atoms with Crippen LogP contribution in [0.25, 0.3) is 5.65 Å². The van der Waals surface area contributed by atoms with Crippen molar-refractivity contribution in [2.75, 3.05) is 33.4 Å². The van der Waals surface area contributed by atoms with E-state index in [9.17, 15) is 4.79 Å². The maximum atomic E-state index is 12.9. The number of fused-ring (bicyclic) bond motifs is 4. The normalized spacial score (nSPS) is 20.9. The van der Waals surface area contributed by atoms with Crippen molar-refractivity contribution < 1.29 is 9.47 Å². The molecule has 1 saturated heterocycles. The zero-order valence-corrected chi connectivity index (χ0v) is 16.8. The second kappa shape index (κ2) is 7.19. The lowest BCUT2D eigenvalue weighted by Gasteiger charge is -2.29. The van der Waals surface area contributed by atoms with Crippen molar-refractivity contribution in [1.82, 2.24) is 14.3 Å². The molecule has 0 radical (unpaired) electrons. The molecule has 0 N–H and O–H groups in total. The van der Waals surface area contributed by atoms with Gasteiger partial charge in [-0.05, 0) is 37.6 Å². The van der Waals surface area contributed by atoms with Gasteiger partial charge in [-0.25, -0.2) is 4.98 Å². The number of ether oxygens (including phenoxy) is 2. The largest absolute Gasteiger partial charge is 0.496 e. The SMILES string of the molecule is COc1cccc2c1[C@@H]1CN(CCc3c(C)nc4ccccn4c3=O)C[C@@H]1CO2. The number of benzene rings is 1. The van der Waals surface area contributed by atoms with Gasteiger partial charge in [-0.3, -0.25) is 9.20 Å². The fraction of sp³-hybridized carbons (Fsp3) is 0.391. The molecule has 2 aliphatic heterocycles. The van der Waals surface area contributed by atoms with Crippen LogP contribution < -0.4 is 15.0 Å². The highest BCUT2D eigenvalue weighted by atomic mass is 16.5. The molecule has 0 aliphatic carbocycles. The summed E-state index contributed by atoms with van der Waals surface area (Å²) in [5, 5.41) is 0. The molecule has 0 spiro atoms. The van der Waals surface area contributed by atoms with Crippen LogP contribution in [0.1, 0.15) is 22.7 Å². The van der Waals surface area contributed by atoms with Crippen LogP contribution in [-0.4, -0.2) is 47.6 Å². The van der Waals surface area contributed by atoms with Crippen molar-refractivity contribution in [2.45, 2.75) is 19.3 Å². The number of rotatable bonds is 4. The predicted molar refractivity (Wildman–Crippen MR) is 111 cm³/mol. The van der Waals surface area contributed by atoms with E-state index >= 15 is 0 Å². The van der Waals surface area contributed by atoms with E-state index in [0.29, 0.717) is 23.9 Å². The Labute approximate surface area is 169 Å². The summed E-state index contributed by atoms with van der Waals surface area (Å²) in [7, 11) is 1.72. The average Bonchev–Trinajstić information content (AvgIpc) is 3.16. The first-order valence-electron chi connectivity index (χ1n) is 10.1. The Morgan fingerprint density at radius 1 is 1.21 bits per heavy atom. The zero-order valence-electron chi connectivity index (χ0n) is 16.8. The quantitative estimate of drug-likeness (QED) is 0.684. The van der Waals surface area contributed by atoms with E-state index in [4.69, 9.17) is 9.47 Å². The Bertz CT molecular complexity index is 1110. The van der Waals surface area contributed by atoms with Crippen molar-refractivity contribution in [2.24, 2.45) is 5.92 Å². The molecular formula is C23H25N3O3. The summed E-state index contributed by atoms with van der Waals surface area (Å²) in [6.45, 7) is 5.45. The lowest BCUT2D eigenvalue weighted by atomic mass is 9.86. The molecule has 0 bridgehead atoms. The fourth-order valence-corrected chi connectivity index (χ4v) is 4.82. The Morgan fingerprint density at radius 3 is 2.97 bits per heavy atom. The van der Waals surface area contributed by atoms with E-state index < -0.39 is 0 Å². The highest BCUT2D eigenvalue weighted by Gasteiger charge is 2.40. The molecule has 29 heavy (non-hydrogen) atoms. The van der Waals surface area contributed by atoms with Crippen LogP contribution in [0.3, 0.4) is 0 Å². The highest BCUT2D eigenvalue weighted by molar-refractivity contribution is 5.49. The van der Waals surface area contributed by atoms with Crippen molar-refractivity contribution in [3.05, 3.63) is 69.8 Å². The van der Waals surface area contributed by atoms with Gasteiger partial charge in [-0.1, -0.05) is 12.1 Å². The molecular weight excluding hydrogens is 366 g/mol. The molecule has 0 unspecified atom stereocenters. The Balaban J connectivity index is 1.36. The Hall–Kier alpha value is -2.86. The maximum Gasteiger partial charge on any atom is 0.261 e. The third kappa shape index (κ3) is 3.08. The number of likely N-dealkylation sites (tertiary alicyclic amines) is 1. The van der Waals surface area contributed by atoms with Gasteiger partial charge in [0.25, 0.3) is 5.56 Å². The molecule has 5 rings (SSSR count). The molecule has 0 amide bonds. The summed E-state index contributed by atoms with van der Waals surface area (Å²) in [6.07, 6.45) is 2.49. The van der Waals surface area contributed by atoms with E-state index in [-0.39, 0.29) is 5.56 Å². The molecule has 0 saturated carbocycles. The first-order chi connectivity index (χ1) is 14.2. The van der Waals surface area contributed by atoms with E-state index in [0.717, 1.165) is 49.0 Å². The van der Waals surface area contributed by atoms with Gasteiger partial charge >= 0.3 is 0 Å². The van der Waals surface area contributed by atoms with Crippen LogP contribution in [0, 0.1) is 12.8 Å². The number of hydrogen-bond acceptors (Lipinski definition) is 5. The standard InChI is InChI=1S/C23H25N3O3/c1-15-17(23(27)26-10-4-3-8-21(26)24-15)9-11-25-12-16-14-29-20-7-5-6-19(28-2)22(20)18(16)13-25/h3-8,10,16,18H,9,11-14H2,1-2H3/t16-,18-/m1/s1. The fourth-order valence-electron chi connectivity index (χ4n) is 4.82. The van der Waals surface area contributed by atoms with Gasteiger partial charge in [0.05, 0.1) is 13.7 Å². The molecule has 1 aromatic carbocycles. The predicted octanol–water partition coefficient (Wildman–Crippen LogP) is 2.66. The monoisotopic (exact) mass is 391 g/mol. The van der Waals surface area contributed by atoms with Crippen molar-refractivity contribution in [1.29, 1.82) is 0 Å². The summed E-state index contributed by atoms with van der Waals surface area (Å²) in [5.74, 6) is 2.72. The molecule has 6 heteroatoms. The lowest BCUT2D eigenvalue weighted by molar-refractivity contribution is 0.209. The average molecular weight is 391 g/mol. The second-order valence-corrected chi connectivity index (χ2v) is 7.97. The van der Waals surface area contributed by atoms with Gasteiger partial charge in [0.1, 0.15) is 17.1 Å². The summed E-state index contributed by atoms with van der Waals surface area (Å²) >= 11 is 0. The summed E-state index contributed by atoms with van der Waals surface area (Å²) in [5.41, 5.74) is 3.56. The minimum Gasteiger partial charge on any atom is -0.496 e. The third-order valence-electron chi connectivity index (χ3n) is 6.30. The van der Waals surface area contributed by atoms with E-state index in [1.807, 2.05) is 43.3 Å². The molecule has 2 aromatic heterocycles. The summed E-state index contributed by atoms with van der Waals surface area (Å²) < 4.78 is 13.3. The number of nitrogens with zero attached hydrogens (tertiary/aromatic N) is 3. The molecule has 4 heterocycles. The van der Waals surface area contributed by atoms with Crippen molar-refractivity contribution >= 4 is 5.65 Å². The number of aromatic nitrogens is 2. The third-order valence-corrected chi connectivity index (χ3v) is 6.30. The first-order valence-corrected chi connectivity index (χ1v) is 10.1. The van der Waals surface area contributed by atoms with Gasteiger partial charge in [-0.15, -0.1) is 0 Å². The number of aryl methyl sites for hydroxylation is 1. The van der Waals surface area contributed by atoms with Gasteiger partial charge in [0.2, 0.25) is 0 Å². The minimum absolute atomic E-state index is 0.0417. The minimum atomic E-state index is 0.0417. The smallest absolute Gasteiger partial charge is 0.261 e. The van der Waals surface area contributed by atoms with Crippen LogP contribution in [0.15, 0.2) is 47.4 Å². The number of pyridine rings is 1. The molecule has 1 fully saturated rings. The first kappa shape index (κ1) is 18.2. The van der Waals surface area contributed by atoms with Gasteiger partial charge in [0, 0.05) is 54.5 Å². The molecule has 3 aromatic rings. The molecule has 150 valence electrons. The Kier molecular flexibility index (Phi) is 4.51. The number of hydrogen-bond donors (Lipinski definition) is 0. The van der Waals surface area contributed by atoms with Crippen molar-refractivity contribution in [3.8, 4) is 11.5 Å². The van der Waals surface area contributed by atoms with Gasteiger partial charge < -0.3 is 14.4 Å². The topological polar surface area (TPSA) is 56.1 Å². The van der Waals surface area contributed by atoms with E-state index in [1.54, 1.807) is 17.7 Å². The lowest BCUT2D eigenvalue weighted by Crippen LogP contribution is -2.28. The van der Waals surface area contributed by atoms with Gasteiger partial charge in [0.15, 0.2) is 0 Å². The molecule has 2 atom stereocenters. The van der Waals surface area contributed by atoms with Crippen LogP contribution >= 0.6 is 0 Å². The van der Waals surface area contributed by atoms with E-state index in [1.165, 1.54) is 5.56 Å². The zero-order chi connectivity index (χ0) is 20.0. The van der Waals surface area contributed by atoms with Crippen LogP contribution in [0.2, 0.25) is 0 Å². The van der Waals surface area contributed by atoms with Crippen LogP contribution in [-0.2, 0) is 6.42 Å². The molecule has 2 aliphatic rings. The van der Waals surface area contributed by atoms with Crippen molar-refractivity contribution in [3.63, 3.8) is 0 Å². The van der Waals surface area contributed by atoms with Gasteiger partial charge in [-0.2, -0.15) is 0 Å². The van der Waals surface area contributed by atoms with Crippen LogP contribution in [0.5, 0.6) is 11.5 Å². The molecule has 6 nitrogen and oxygen atoms in total. The van der Waals surface area contributed by atoms with E-state index in [2.05, 4.69) is 9.88 Å². The maximum absolute atomic E-state index is 12.9. The summed E-state index contributed by atoms with van der Waals surface area (Å²) in [4.78, 5) is 20.0. The number of methoxy groups -OCH3 is 1. The van der Waals surface area contributed by atoms with Crippen LogP contribution in [0.4, 0.5) is 0 Å². The highest BCUT2D eigenvalue weighted by Crippen LogP contribution is 2.45.